The quantitative estimate of drug-likeness (QED) is 0.598. The third kappa shape index (κ3) is 3.89. The van der Waals surface area contributed by atoms with Crippen molar-refractivity contribution >= 4 is 34.8 Å². The molecule has 1 atom stereocenters. The Hall–Kier alpha value is -0.690. The molecule has 1 unspecified atom stereocenters. The number of rotatable bonds is 3. The zero-order valence-electron chi connectivity index (χ0n) is 10.9. The molecule has 0 bridgehead atoms. The van der Waals surface area contributed by atoms with E-state index in [1.165, 1.54) is 11.1 Å². The molecule has 100 valence electrons. The van der Waals surface area contributed by atoms with Crippen LogP contribution in [0.2, 0.25) is 10.0 Å². The third-order valence-corrected chi connectivity index (χ3v) is 4.15. The molecule has 0 spiro atoms. The number of alkyl halides is 1. The summed E-state index contributed by atoms with van der Waals surface area (Å²) in [5, 5.41) is 1.09. The van der Waals surface area contributed by atoms with Gasteiger partial charge in [0.15, 0.2) is 0 Å². The lowest BCUT2D eigenvalue weighted by Gasteiger charge is -2.12. The summed E-state index contributed by atoms with van der Waals surface area (Å²) >= 11 is 18.4. The lowest BCUT2D eigenvalue weighted by atomic mass is 10.0. The molecule has 3 heteroatoms. The number of halogens is 3. The Morgan fingerprint density at radius 1 is 0.895 bits per heavy atom. The van der Waals surface area contributed by atoms with Gasteiger partial charge >= 0.3 is 0 Å². The van der Waals surface area contributed by atoms with Crippen molar-refractivity contribution in [2.45, 2.75) is 25.6 Å². The summed E-state index contributed by atoms with van der Waals surface area (Å²) in [6, 6.07) is 12.1. The molecule has 0 aliphatic rings. The normalized spacial score (nSPS) is 12.5. The van der Waals surface area contributed by atoms with E-state index in [9.17, 15) is 0 Å². The average molecular weight is 314 g/mol. The van der Waals surface area contributed by atoms with Crippen molar-refractivity contribution in [3.8, 4) is 0 Å². The minimum absolute atomic E-state index is 0.0594. The van der Waals surface area contributed by atoms with Crippen LogP contribution in [0.15, 0.2) is 36.4 Å². The first-order valence-electron chi connectivity index (χ1n) is 6.12. The van der Waals surface area contributed by atoms with E-state index in [1.807, 2.05) is 18.2 Å². The molecule has 2 rings (SSSR count). The van der Waals surface area contributed by atoms with E-state index in [0.717, 1.165) is 17.5 Å². The van der Waals surface area contributed by atoms with Gasteiger partial charge in [0.2, 0.25) is 0 Å². The van der Waals surface area contributed by atoms with Gasteiger partial charge in [0.1, 0.15) is 0 Å². The Bertz CT molecular complexity index is 570. The Morgan fingerprint density at radius 3 is 2.11 bits per heavy atom. The molecule has 0 saturated carbocycles. The van der Waals surface area contributed by atoms with Crippen molar-refractivity contribution in [1.29, 1.82) is 0 Å². The van der Waals surface area contributed by atoms with Crippen molar-refractivity contribution < 1.29 is 0 Å². The maximum absolute atomic E-state index is 6.50. The number of hydrogen-bond donors (Lipinski definition) is 0. The first-order chi connectivity index (χ1) is 8.95. The van der Waals surface area contributed by atoms with Gasteiger partial charge in [-0.15, -0.1) is 11.6 Å². The zero-order valence-corrected chi connectivity index (χ0v) is 13.2. The fourth-order valence-electron chi connectivity index (χ4n) is 2.18. The van der Waals surface area contributed by atoms with E-state index >= 15 is 0 Å². The Morgan fingerprint density at radius 2 is 1.53 bits per heavy atom. The molecule has 0 fully saturated rings. The number of aryl methyl sites for hydroxylation is 2. The molecule has 2 aromatic carbocycles. The van der Waals surface area contributed by atoms with Crippen LogP contribution in [0.4, 0.5) is 0 Å². The molecule has 0 aromatic heterocycles. The van der Waals surface area contributed by atoms with Crippen molar-refractivity contribution in [3.05, 3.63) is 68.7 Å². The summed E-state index contributed by atoms with van der Waals surface area (Å²) in [5.41, 5.74) is 4.70. The molecule has 0 nitrogen and oxygen atoms in total. The van der Waals surface area contributed by atoms with Crippen LogP contribution in [-0.2, 0) is 6.42 Å². The summed E-state index contributed by atoms with van der Waals surface area (Å²) < 4.78 is 0. The monoisotopic (exact) mass is 312 g/mol. The Balaban J connectivity index is 2.20. The van der Waals surface area contributed by atoms with E-state index in [1.54, 1.807) is 0 Å². The zero-order chi connectivity index (χ0) is 14.0. The second-order valence-corrected chi connectivity index (χ2v) is 6.18. The van der Waals surface area contributed by atoms with Gasteiger partial charge in [-0.25, -0.2) is 0 Å². The highest BCUT2D eigenvalue weighted by molar-refractivity contribution is 6.42. The predicted octanol–water partition coefficient (Wildman–Crippen LogP) is 6.13. The third-order valence-electron chi connectivity index (χ3n) is 3.00. The lowest BCUT2D eigenvalue weighted by Crippen LogP contribution is -1.97. The van der Waals surface area contributed by atoms with Crippen LogP contribution in [0.1, 0.15) is 27.6 Å². The number of benzene rings is 2. The van der Waals surface area contributed by atoms with Crippen LogP contribution >= 0.6 is 34.8 Å². The van der Waals surface area contributed by atoms with Crippen LogP contribution in [0.3, 0.4) is 0 Å². The van der Waals surface area contributed by atoms with E-state index in [4.69, 9.17) is 34.8 Å². The van der Waals surface area contributed by atoms with Crippen molar-refractivity contribution in [1.82, 2.24) is 0 Å². The molecule has 0 N–H and O–H groups in total. The van der Waals surface area contributed by atoms with Gasteiger partial charge in [0, 0.05) is 0 Å². The van der Waals surface area contributed by atoms with Gasteiger partial charge in [-0.2, -0.15) is 0 Å². The van der Waals surface area contributed by atoms with E-state index in [0.29, 0.717) is 10.0 Å². The highest BCUT2D eigenvalue weighted by Crippen LogP contribution is 2.29. The highest BCUT2D eigenvalue weighted by Gasteiger charge is 2.11. The summed E-state index contributed by atoms with van der Waals surface area (Å²) in [5.74, 6) is 0. The fourth-order valence-corrected chi connectivity index (χ4v) is 2.81. The summed E-state index contributed by atoms with van der Waals surface area (Å²) in [6.07, 6.45) is 0.737. The molecule has 2 aromatic rings. The van der Waals surface area contributed by atoms with Crippen molar-refractivity contribution in [2.75, 3.05) is 0 Å². The molecule has 0 aliphatic carbocycles. The van der Waals surface area contributed by atoms with E-state index in [2.05, 4.69) is 32.0 Å². The molecule has 0 radical (unpaired) electrons. The Labute approximate surface area is 129 Å². The molecule has 19 heavy (non-hydrogen) atoms. The molecule has 0 saturated heterocycles. The van der Waals surface area contributed by atoms with Gasteiger partial charge < -0.3 is 0 Å². The van der Waals surface area contributed by atoms with Crippen LogP contribution < -0.4 is 0 Å². The maximum Gasteiger partial charge on any atom is 0.0625 e. The standard InChI is InChI=1S/C16H15Cl3/c1-10-5-11(2)7-13(6-10)15(18)8-12-3-4-14(17)16(19)9-12/h3-7,9,15H,8H2,1-2H3. The van der Waals surface area contributed by atoms with Gasteiger partial charge in [-0.05, 0) is 43.5 Å². The maximum atomic E-state index is 6.50. The molecule has 0 amide bonds. The molecular weight excluding hydrogens is 299 g/mol. The van der Waals surface area contributed by atoms with E-state index in [-0.39, 0.29) is 5.38 Å². The van der Waals surface area contributed by atoms with Gasteiger partial charge in [-0.3, -0.25) is 0 Å². The predicted molar refractivity (Wildman–Crippen MR) is 84.7 cm³/mol. The minimum Gasteiger partial charge on any atom is -0.117 e. The summed E-state index contributed by atoms with van der Waals surface area (Å²) in [4.78, 5) is 0. The largest absolute Gasteiger partial charge is 0.117 e. The molecular formula is C16H15Cl3. The second kappa shape index (κ2) is 6.17. The summed E-state index contributed by atoms with van der Waals surface area (Å²) in [6.45, 7) is 4.17. The average Bonchev–Trinajstić information content (AvgIpc) is 2.32. The molecule has 0 aliphatic heterocycles. The summed E-state index contributed by atoms with van der Waals surface area (Å²) in [7, 11) is 0. The van der Waals surface area contributed by atoms with Crippen molar-refractivity contribution in [3.63, 3.8) is 0 Å². The Kier molecular flexibility index (Phi) is 4.78. The first-order valence-corrected chi connectivity index (χ1v) is 7.31. The SMILES string of the molecule is Cc1cc(C)cc(C(Cl)Cc2ccc(Cl)c(Cl)c2)c1. The van der Waals surface area contributed by atoms with Gasteiger partial charge in [0.25, 0.3) is 0 Å². The van der Waals surface area contributed by atoms with Crippen LogP contribution in [-0.4, -0.2) is 0 Å². The van der Waals surface area contributed by atoms with Crippen molar-refractivity contribution in [2.24, 2.45) is 0 Å². The van der Waals surface area contributed by atoms with Gasteiger partial charge in [-0.1, -0.05) is 58.6 Å². The van der Waals surface area contributed by atoms with E-state index < -0.39 is 0 Å². The fraction of sp³-hybridized carbons (Fsp3) is 0.250. The van der Waals surface area contributed by atoms with Crippen LogP contribution in [0.25, 0.3) is 0 Å². The topological polar surface area (TPSA) is 0 Å². The lowest BCUT2D eigenvalue weighted by molar-refractivity contribution is 0.916. The number of hydrogen-bond acceptors (Lipinski definition) is 0. The second-order valence-electron chi connectivity index (χ2n) is 4.84. The highest BCUT2D eigenvalue weighted by atomic mass is 35.5. The van der Waals surface area contributed by atoms with Crippen LogP contribution in [0, 0.1) is 13.8 Å². The molecule has 0 heterocycles. The van der Waals surface area contributed by atoms with Gasteiger partial charge in [0.05, 0.1) is 15.4 Å². The van der Waals surface area contributed by atoms with Crippen LogP contribution in [0.5, 0.6) is 0 Å². The first kappa shape index (κ1) is 14.7. The minimum atomic E-state index is -0.0594. The smallest absolute Gasteiger partial charge is 0.0625 e.